The smallest absolute Gasteiger partial charge is 0.318 e. The van der Waals surface area contributed by atoms with Crippen molar-refractivity contribution in [3.05, 3.63) is 59.4 Å². The highest BCUT2D eigenvalue weighted by Crippen LogP contribution is 2.13. The first-order valence-electron chi connectivity index (χ1n) is 6.68. The zero-order valence-electron chi connectivity index (χ0n) is 12.3. The molecule has 6 heteroatoms. The molecule has 0 saturated carbocycles. The molecule has 0 bridgehead atoms. The molecule has 1 aromatic carbocycles. The van der Waals surface area contributed by atoms with Crippen molar-refractivity contribution in [3.63, 3.8) is 0 Å². The highest BCUT2D eigenvalue weighted by Gasteiger charge is 2.12. The van der Waals surface area contributed by atoms with Crippen LogP contribution in [0.15, 0.2) is 47.8 Å². The van der Waals surface area contributed by atoms with Crippen LogP contribution in [0.25, 0.3) is 0 Å². The van der Waals surface area contributed by atoms with Crippen LogP contribution in [0.2, 0.25) is 0 Å². The van der Waals surface area contributed by atoms with E-state index < -0.39 is 11.8 Å². The molecule has 2 aromatic rings. The standard InChI is InChI=1S/C16H16N4O2/c1-11-5-6-14(8-12(11)2)19-15(21)16(22)20-18-10-13-4-3-7-17-9-13/h3-10H,1-2H3,(H,19,21)(H,20,22). The molecule has 0 aliphatic carbocycles. The highest BCUT2D eigenvalue weighted by atomic mass is 16.2. The van der Waals surface area contributed by atoms with Gasteiger partial charge in [0.15, 0.2) is 0 Å². The number of pyridine rings is 1. The van der Waals surface area contributed by atoms with Crippen LogP contribution in [0.1, 0.15) is 16.7 Å². The van der Waals surface area contributed by atoms with Gasteiger partial charge in [0.2, 0.25) is 0 Å². The van der Waals surface area contributed by atoms with Crippen LogP contribution >= 0.6 is 0 Å². The number of amides is 2. The molecule has 0 fully saturated rings. The van der Waals surface area contributed by atoms with E-state index in [-0.39, 0.29) is 0 Å². The molecule has 0 spiro atoms. The fourth-order valence-electron chi connectivity index (χ4n) is 1.68. The number of hydrazone groups is 1. The number of hydrogen-bond donors (Lipinski definition) is 2. The summed E-state index contributed by atoms with van der Waals surface area (Å²) in [6.07, 6.45) is 4.63. The molecular weight excluding hydrogens is 280 g/mol. The Morgan fingerprint density at radius 1 is 1.14 bits per heavy atom. The number of hydrogen-bond acceptors (Lipinski definition) is 4. The molecule has 1 aromatic heterocycles. The molecule has 0 saturated heterocycles. The van der Waals surface area contributed by atoms with Crippen molar-refractivity contribution in [1.82, 2.24) is 10.4 Å². The van der Waals surface area contributed by atoms with Crippen LogP contribution in [-0.4, -0.2) is 23.0 Å². The minimum atomic E-state index is -0.835. The van der Waals surface area contributed by atoms with Gasteiger partial charge in [0.25, 0.3) is 0 Å². The number of carbonyl (C=O) groups is 2. The van der Waals surface area contributed by atoms with Crippen LogP contribution in [0.5, 0.6) is 0 Å². The molecule has 1 heterocycles. The van der Waals surface area contributed by atoms with Crippen molar-refractivity contribution in [2.75, 3.05) is 5.32 Å². The van der Waals surface area contributed by atoms with Gasteiger partial charge in [0.1, 0.15) is 0 Å². The van der Waals surface area contributed by atoms with Gasteiger partial charge in [-0.1, -0.05) is 12.1 Å². The van der Waals surface area contributed by atoms with Gasteiger partial charge in [-0.05, 0) is 43.2 Å². The first kappa shape index (κ1) is 15.4. The SMILES string of the molecule is Cc1ccc(NC(=O)C(=O)NN=Cc2cccnc2)cc1C. The summed E-state index contributed by atoms with van der Waals surface area (Å²) in [4.78, 5) is 27.3. The van der Waals surface area contributed by atoms with E-state index in [0.29, 0.717) is 5.69 Å². The average Bonchev–Trinajstić information content (AvgIpc) is 2.52. The minimum Gasteiger partial charge on any atom is -0.318 e. The van der Waals surface area contributed by atoms with Crippen molar-refractivity contribution in [3.8, 4) is 0 Å². The van der Waals surface area contributed by atoms with Gasteiger partial charge in [0, 0.05) is 23.6 Å². The second-order valence-electron chi connectivity index (χ2n) is 4.74. The number of rotatable bonds is 3. The summed E-state index contributed by atoms with van der Waals surface area (Å²) in [6, 6.07) is 8.95. The normalized spacial score (nSPS) is 10.5. The molecule has 0 atom stereocenters. The highest BCUT2D eigenvalue weighted by molar-refractivity contribution is 6.39. The van der Waals surface area contributed by atoms with E-state index in [9.17, 15) is 9.59 Å². The van der Waals surface area contributed by atoms with E-state index in [1.165, 1.54) is 6.21 Å². The largest absolute Gasteiger partial charge is 0.329 e. The fraction of sp³-hybridized carbons (Fsp3) is 0.125. The Balaban J connectivity index is 1.90. The van der Waals surface area contributed by atoms with Crippen LogP contribution < -0.4 is 10.7 Å². The number of nitrogens with one attached hydrogen (secondary N) is 2. The lowest BCUT2D eigenvalue weighted by Crippen LogP contribution is -2.32. The lowest BCUT2D eigenvalue weighted by atomic mass is 10.1. The van der Waals surface area contributed by atoms with Gasteiger partial charge in [-0.2, -0.15) is 5.10 Å². The van der Waals surface area contributed by atoms with E-state index in [0.717, 1.165) is 16.7 Å². The zero-order valence-corrected chi connectivity index (χ0v) is 12.3. The topological polar surface area (TPSA) is 83.5 Å². The van der Waals surface area contributed by atoms with Gasteiger partial charge in [-0.25, -0.2) is 5.43 Å². The third-order valence-corrected chi connectivity index (χ3v) is 3.04. The maximum absolute atomic E-state index is 11.7. The Hall–Kier alpha value is -3.02. The van der Waals surface area contributed by atoms with E-state index >= 15 is 0 Å². The molecule has 2 rings (SSSR count). The quantitative estimate of drug-likeness (QED) is 0.514. The van der Waals surface area contributed by atoms with Crippen molar-refractivity contribution in [2.45, 2.75) is 13.8 Å². The number of nitrogens with zero attached hydrogens (tertiary/aromatic N) is 2. The molecular formula is C16H16N4O2. The third-order valence-electron chi connectivity index (χ3n) is 3.04. The fourth-order valence-corrected chi connectivity index (χ4v) is 1.68. The first-order chi connectivity index (χ1) is 10.6. The number of benzene rings is 1. The van der Waals surface area contributed by atoms with Crippen LogP contribution in [0, 0.1) is 13.8 Å². The van der Waals surface area contributed by atoms with Gasteiger partial charge in [-0.3, -0.25) is 14.6 Å². The summed E-state index contributed by atoms with van der Waals surface area (Å²) in [5.41, 5.74) is 5.61. The number of anilines is 1. The number of carbonyl (C=O) groups excluding carboxylic acids is 2. The molecule has 0 aliphatic heterocycles. The van der Waals surface area contributed by atoms with E-state index in [1.54, 1.807) is 36.7 Å². The Morgan fingerprint density at radius 3 is 2.64 bits per heavy atom. The van der Waals surface area contributed by atoms with Crippen molar-refractivity contribution >= 4 is 23.7 Å². The maximum atomic E-state index is 11.7. The number of aryl methyl sites for hydroxylation is 2. The third kappa shape index (κ3) is 4.24. The molecule has 0 radical (unpaired) electrons. The summed E-state index contributed by atoms with van der Waals surface area (Å²) in [6.45, 7) is 3.91. The summed E-state index contributed by atoms with van der Waals surface area (Å²) >= 11 is 0. The average molecular weight is 296 g/mol. The summed E-state index contributed by atoms with van der Waals surface area (Å²) < 4.78 is 0. The Morgan fingerprint density at radius 2 is 1.95 bits per heavy atom. The van der Waals surface area contributed by atoms with Gasteiger partial charge in [0.05, 0.1) is 6.21 Å². The maximum Gasteiger partial charge on any atom is 0.329 e. The summed E-state index contributed by atoms with van der Waals surface area (Å²) in [7, 11) is 0. The van der Waals surface area contributed by atoms with Gasteiger partial charge < -0.3 is 5.32 Å². The second-order valence-corrected chi connectivity index (χ2v) is 4.74. The molecule has 0 unspecified atom stereocenters. The van der Waals surface area contributed by atoms with Crippen LogP contribution in [0.4, 0.5) is 5.69 Å². The second kappa shape index (κ2) is 7.12. The monoisotopic (exact) mass is 296 g/mol. The lowest BCUT2D eigenvalue weighted by molar-refractivity contribution is -0.136. The Labute approximate surface area is 128 Å². The lowest BCUT2D eigenvalue weighted by Gasteiger charge is -2.06. The van der Waals surface area contributed by atoms with E-state index in [4.69, 9.17) is 0 Å². The van der Waals surface area contributed by atoms with Crippen molar-refractivity contribution in [2.24, 2.45) is 5.10 Å². The van der Waals surface area contributed by atoms with E-state index in [2.05, 4.69) is 20.8 Å². The molecule has 2 N–H and O–H groups in total. The zero-order chi connectivity index (χ0) is 15.9. The summed E-state index contributed by atoms with van der Waals surface area (Å²) in [5, 5.41) is 6.23. The van der Waals surface area contributed by atoms with Gasteiger partial charge >= 0.3 is 11.8 Å². The van der Waals surface area contributed by atoms with Crippen LogP contribution in [-0.2, 0) is 9.59 Å². The molecule has 0 aliphatic rings. The molecule has 2 amide bonds. The summed E-state index contributed by atoms with van der Waals surface area (Å²) in [5.74, 6) is -1.61. The van der Waals surface area contributed by atoms with Crippen molar-refractivity contribution in [1.29, 1.82) is 0 Å². The van der Waals surface area contributed by atoms with E-state index in [1.807, 2.05) is 19.9 Å². The number of aromatic nitrogens is 1. The predicted octanol–water partition coefficient (Wildman–Crippen LogP) is 1.79. The first-order valence-corrected chi connectivity index (χ1v) is 6.68. The molecule has 6 nitrogen and oxygen atoms in total. The molecule has 22 heavy (non-hydrogen) atoms. The predicted molar refractivity (Wildman–Crippen MR) is 84.5 cm³/mol. The minimum absolute atomic E-state index is 0.569. The Bertz CT molecular complexity index is 711. The van der Waals surface area contributed by atoms with Crippen molar-refractivity contribution < 1.29 is 9.59 Å². The Kier molecular flexibility index (Phi) is 4.98. The van der Waals surface area contributed by atoms with Crippen LogP contribution in [0.3, 0.4) is 0 Å². The van der Waals surface area contributed by atoms with Gasteiger partial charge in [-0.15, -0.1) is 0 Å². The molecule has 112 valence electrons.